The predicted molar refractivity (Wildman–Crippen MR) is 81.4 cm³/mol. The lowest BCUT2D eigenvalue weighted by molar-refractivity contribution is -0.301. The monoisotopic (exact) mass is 383 g/mol. The summed E-state index contributed by atoms with van der Waals surface area (Å²) in [6.07, 6.45) is -13.6. The first kappa shape index (κ1) is 22.8. The van der Waals surface area contributed by atoms with Gasteiger partial charge < -0.3 is 55.3 Å². The van der Waals surface area contributed by atoms with Crippen LogP contribution in [0.4, 0.5) is 0 Å². The summed E-state index contributed by atoms with van der Waals surface area (Å²) in [6, 6.07) is -1.38. The van der Waals surface area contributed by atoms with E-state index in [4.69, 9.17) is 14.6 Å². The van der Waals surface area contributed by atoms with Crippen LogP contribution in [0.3, 0.4) is 0 Å². The zero-order chi connectivity index (χ0) is 20.0. The number of aldehydes is 1. The maximum Gasteiger partial charge on any atom is 0.217 e. The quantitative estimate of drug-likeness (QED) is 0.176. The fourth-order valence-corrected chi connectivity index (χ4v) is 2.52. The molecule has 0 aromatic heterocycles. The summed E-state index contributed by atoms with van der Waals surface area (Å²) in [6.45, 7) is -0.531. The number of ether oxygens (including phenoxy) is 2. The van der Waals surface area contributed by atoms with Crippen LogP contribution in [0.15, 0.2) is 0 Å². The van der Waals surface area contributed by atoms with E-state index in [1.54, 1.807) is 0 Å². The molecule has 1 heterocycles. The molecule has 0 saturated carbocycles. The largest absolute Gasteiger partial charge is 0.394 e. The summed E-state index contributed by atoms with van der Waals surface area (Å²) < 4.78 is 10.5. The molecule has 12 heteroatoms. The van der Waals surface area contributed by atoms with Crippen LogP contribution >= 0.6 is 0 Å². The van der Waals surface area contributed by atoms with Crippen molar-refractivity contribution < 1.29 is 54.8 Å². The molecule has 0 aliphatic carbocycles. The second-order valence-corrected chi connectivity index (χ2v) is 5.90. The van der Waals surface area contributed by atoms with E-state index < -0.39 is 74.2 Å². The average Bonchev–Trinajstić information content (AvgIpc) is 2.62. The molecular formula is C14H25NO11. The van der Waals surface area contributed by atoms with Gasteiger partial charge in [-0.25, -0.2) is 0 Å². The van der Waals surface area contributed by atoms with Gasteiger partial charge >= 0.3 is 0 Å². The fourth-order valence-electron chi connectivity index (χ4n) is 2.52. The molecule has 0 unspecified atom stereocenters. The first-order valence-corrected chi connectivity index (χ1v) is 7.83. The number of nitrogens with one attached hydrogen (secondary N) is 1. The maximum absolute atomic E-state index is 11.3. The molecule has 1 amide bonds. The number of amides is 1. The summed E-state index contributed by atoms with van der Waals surface area (Å²) in [7, 11) is 0. The molecule has 0 aromatic carbocycles. The van der Waals surface area contributed by atoms with E-state index in [1.807, 2.05) is 0 Å². The number of carbonyl (C=O) groups excluding carboxylic acids is 2. The van der Waals surface area contributed by atoms with Crippen LogP contribution in [0.5, 0.6) is 0 Å². The second-order valence-electron chi connectivity index (χ2n) is 5.90. The van der Waals surface area contributed by atoms with Crippen molar-refractivity contribution in [1.82, 2.24) is 5.32 Å². The standard InChI is InChI=1S/C14H25NO11/c1-5(19)15-9-12(24)11(23)8(4-18)25-14(9)26-13(7(21)3-17)10(22)6(20)2-16/h2,6-14,17-18,20-24H,3-4H2,1H3,(H,15,19)/t6-,7+,8+,9+,10+,11-,12+,13-,14-/m0/s1. The van der Waals surface area contributed by atoms with Crippen molar-refractivity contribution in [2.24, 2.45) is 0 Å². The van der Waals surface area contributed by atoms with Crippen molar-refractivity contribution in [3.8, 4) is 0 Å². The topological polar surface area (TPSA) is 206 Å². The molecule has 0 bridgehead atoms. The van der Waals surface area contributed by atoms with Crippen molar-refractivity contribution in [2.45, 2.75) is 62.0 Å². The first-order chi connectivity index (χ1) is 12.2. The predicted octanol–water partition coefficient (Wildman–Crippen LogP) is -5.41. The van der Waals surface area contributed by atoms with Crippen molar-refractivity contribution in [1.29, 1.82) is 0 Å². The van der Waals surface area contributed by atoms with Crippen molar-refractivity contribution >= 4 is 12.2 Å². The Morgan fingerprint density at radius 1 is 1.23 bits per heavy atom. The van der Waals surface area contributed by atoms with Crippen molar-refractivity contribution in [3.63, 3.8) is 0 Å². The Balaban J connectivity index is 3.09. The Kier molecular flexibility index (Phi) is 8.95. The minimum Gasteiger partial charge on any atom is -0.394 e. The van der Waals surface area contributed by atoms with E-state index in [0.717, 1.165) is 6.92 Å². The Morgan fingerprint density at radius 3 is 2.31 bits per heavy atom. The third-order valence-electron chi connectivity index (χ3n) is 3.93. The number of carbonyl (C=O) groups is 2. The summed E-state index contributed by atoms with van der Waals surface area (Å²) in [5, 5.41) is 69.8. The number of aliphatic hydroxyl groups excluding tert-OH is 7. The summed E-state index contributed by atoms with van der Waals surface area (Å²) in [5.74, 6) is -0.631. The van der Waals surface area contributed by atoms with Gasteiger partial charge in [0.05, 0.1) is 13.2 Å². The minimum absolute atomic E-state index is 0.0206. The van der Waals surface area contributed by atoms with Crippen LogP contribution in [-0.2, 0) is 19.1 Å². The van der Waals surface area contributed by atoms with Crippen molar-refractivity contribution in [2.75, 3.05) is 13.2 Å². The number of hydrogen-bond donors (Lipinski definition) is 8. The van der Waals surface area contributed by atoms with E-state index in [2.05, 4.69) is 5.32 Å². The molecular weight excluding hydrogens is 358 g/mol. The van der Waals surface area contributed by atoms with Gasteiger partial charge in [0.25, 0.3) is 0 Å². The maximum atomic E-state index is 11.3. The van der Waals surface area contributed by atoms with Crippen LogP contribution < -0.4 is 5.32 Å². The van der Waals surface area contributed by atoms with Gasteiger partial charge in [0.1, 0.15) is 48.8 Å². The average molecular weight is 383 g/mol. The molecule has 9 atom stereocenters. The van der Waals surface area contributed by atoms with Crippen LogP contribution in [0.2, 0.25) is 0 Å². The van der Waals surface area contributed by atoms with Crippen LogP contribution in [0.1, 0.15) is 6.92 Å². The molecule has 1 saturated heterocycles. The van der Waals surface area contributed by atoms with Crippen LogP contribution in [0.25, 0.3) is 0 Å². The SMILES string of the molecule is CC(=O)N[C@H]1[C@H](O[C@H]([C@H](O)[C@@H](O)C=O)[C@H](O)CO)O[C@H](CO)[C@H](O)[C@@H]1O. The third-order valence-corrected chi connectivity index (χ3v) is 3.93. The van der Waals surface area contributed by atoms with E-state index in [0.29, 0.717) is 0 Å². The Morgan fingerprint density at radius 2 is 1.85 bits per heavy atom. The normalized spacial score (nSPS) is 33.8. The molecule has 1 rings (SSSR count). The minimum atomic E-state index is -1.98. The Bertz CT molecular complexity index is 464. The van der Waals surface area contributed by atoms with E-state index >= 15 is 0 Å². The van der Waals surface area contributed by atoms with Gasteiger partial charge in [-0.2, -0.15) is 0 Å². The molecule has 0 radical (unpaired) electrons. The van der Waals surface area contributed by atoms with Gasteiger partial charge in [-0.05, 0) is 0 Å². The fraction of sp³-hybridized carbons (Fsp3) is 0.857. The Hall–Kier alpha value is -1.22. The zero-order valence-corrected chi connectivity index (χ0v) is 14.0. The number of aliphatic hydroxyl groups is 7. The molecule has 1 fully saturated rings. The van der Waals surface area contributed by atoms with Gasteiger partial charge in [0.15, 0.2) is 12.6 Å². The number of rotatable bonds is 9. The highest BCUT2D eigenvalue weighted by molar-refractivity contribution is 5.73. The van der Waals surface area contributed by atoms with Gasteiger partial charge in [0.2, 0.25) is 5.91 Å². The summed E-state index contributed by atoms with van der Waals surface area (Å²) >= 11 is 0. The summed E-state index contributed by atoms with van der Waals surface area (Å²) in [5.41, 5.74) is 0. The smallest absolute Gasteiger partial charge is 0.217 e. The van der Waals surface area contributed by atoms with Gasteiger partial charge in [-0.3, -0.25) is 4.79 Å². The molecule has 0 aromatic rings. The Labute approximate surface area is 148 Å². The second kappa shape index (κ2) is 10.2. The third kappa shape index (κ3) is 5.39. The van der Waals surface area contributed by atoms with Crippen molar-refractivity contribution in [3.05, 3.63) is 0 Å². The number of hydrogen-bond acceptors (Lipinski definition) is 11. The molecule has 152 valence electrons. The highest BCUT2D eigenvalue weighted by Crippen LogP contribution is 2.25. The lowest BCUT2D eigenvalue weighted by atomic mass is 9.96. The zero-order valence-electron chi connectivity index (χ0n) is 14.0. The first-order valence-electron chi connectivity index (χ1n) is 7.83. The lowest BCUT2D eigenvalue weighted by Gasteiger charge is -2.44. The van der Waals surface area contributed by atoms with E-state index in [-0.39, 0.29) is 6.29 Å². The van der Waals surface area contributed by atoms with E-state index in [9.17, 15) is 40.2 Å². The molecule has 12 nitrogen and oxygen atoms in total. The highest BCUT2D eigenvalue weighted by Gasteiger charge is 2.47. The van der Waals surface area contributed by atoms with Gasteiger partial charge in [-0.1, -0.05) is 0 Å². The van der Waals surface area contributed by atoms with E-state index in [1.165, 1.54) is 0 Å². The molecule has 26 heavy (non-hydrogen) atoms. The highest BCUT2D eigenvalue weighted by atomic mass is 16.7. The molecule has 1 aliphatic rings. The van der Waals surface area contributed by atoms with Gasteiger partial charge in [-0.15, -0.1) is 0 Å². The molecule has 1 aliphatic heterocycles. The molecule has 8 N–H and O–H groups in total. The van der Waals surface area contributed by atoms with Crippen LogP contribution in [0, 0.1) is 0 Å². The summed E-state index contributed by atoms with van der Waals surface area (Å²) in [4.78, 5) is 22.0. The van der Waals surface area contributed by atoms with Gasteiger partial charge in [0, 0.05) is 6.92 Å². The lowest BCUT2D eigenvalue weighted by Crippen LogP contribution is -2.66. The van der Waals surface area contributed by atoms with Crippen LogP contribution in [-0.4, -0.2) is 116 Å². The molecule has 0 spiro atoms.